The average Bonchev–Trinajstić information content (AvgIpc) is 2.80. The van der Waals surface area contributed by atoms with Crippen molar-refractivity contribution in [3.05, 3.63) is 35.9 Å². The third kappa shape index (κ3) is 2.77. The fourth-order valence-electron chi connectivity index (χ4n) is 3.50. The van der Waals surface area contributed by atoms with Crippen molar-refractivity contribution in [3.8, 4) is 0 Å². The Labute approximate surface area is 141 Å². The molecule has 2 heterocycles. The lowest BCUT2D eigenvalue weighted by Crippen LogP contribution is -2.48. The van der Waals surface area contributed by atoms with E-state index in [1.807, 2.05) is 25.1 Å². The first-order valence-electron chi connectivity index (χ1n) is 8.42. The molecule has 2 fully saturated rings. The van der Waals surface area contributed by atoms with Crippen LogP contribution in [0.5, 0.6) is 0 Å². The van der Waals surface area contributed by atoms with E-state index in [1.54, 1.807) is 24.0 Å². The quantitative estimate of drug-likeness (QED) is 0.861. The SMILES string of the molecule is CC1CCCCN1C(=O)CN1C(=O)NC(C)(c2ccccc2)C1=O. The number of hydrogen-bond donors (Lipinski definition) is 1. The molecule has 1 aromatic carbocycles. The highest BCUT2D eigenvalue weighted by Crippen LogP contribution is 2.28. The fraction of sp³-hybridized carbons (Fsp3) is 0.500. The summed E-state index contributed by atoms with van der Waals surface area (Å²) in [4.78, 5) is 40.5. The van der Waals surface area contributed by atoms with E-state index in [0.717, 1.165) is 24.2 Å². The lowest BCUT2D eigenvalue weighted by molar-refractivity contribution is -0.140. The van der Waals surface area contributed by atoms with Gasteiger partial charge in [0.1, 0.15) is 12.1 Å². The van der Waals surface area contributed by atoms with Crippen molar-refractivity contribution in [1.82, 2.24) is 15.1 Å². The van der Waals surface area contributed by atoms with E-state index in [1.165, 1.54) is 0 Å². The minimum atomic E-state index is -1.12. The van der Waals surface area contributed by atoms with E-state index in [-0.39, 0.29) is 24.4 Å². The Kier molecular flexibility index (Phi) is 4.30. The Morgan fingerprint density at radius 1 is 1.25 bits per heavy atom. The van der Waals surface area contributed by atoms with Crippen molar-refractivity contribution in [1.29, 1.82) is 0 Å². The first-order valence-corrected chi connectivity index (χ1v) is 8.42. The summed E-state index contributed by atoms with van der Waals surface area (Å²) in [7, 11) is 0. The molecule has 0 aromatic heterocycles. The first kappa shape index (κ1) is 16.5. The number of carbonyl (C=O) groups excluding carboxylic acids is 3. The summed E-state index contributed by atoms with van der Waals surface area (Å²) in [6.45, 7) is 4.19. The predicted molar refractivity (Wildman–Crippen MR) is 89.1 cm³/mol. The summed E-state index contributed by atoms with van der Waals surface area (Å²) < 4.78 is 0. The molecule has 0 radical (unpaired) electrons. The number of likely N-dealkylation sites (tertiary alicyclic amines) is 1. The van der Waals surface area contributed by atoms with Crippen LogP contribution in [0.3, 0.4) is 0 Å². The third-order valence-electron chi connectivity index (χ3n) is 5.04. The molecule has 1 N–H and O–H groups in total. The van der Waals surface area contributed by atoms with Crippen LogP contribution in [0.25, 0.3) is 0 Å². The topological polar surface area (TPSA) is 69.7 Å². The molecule has 2 aliphatic heterocycles. The van der Waals surface area contributed by atoms with Crippen molar-refractivity contribution in [2.24, 2.45) is 0 Å². The predicted octanol–water partition coefficient (Wildman–Crippen LogP) is 1.85. The van der Waals surface area contributed by atoms with Crippen LogP contribution in [0.2, 0.25) is 0 Å². The normalized spacial score (nSPS) is 27.3. The Morgan fingerprint density at radius 3 is 2.62 bits per heavy atom. The Balaban J connectivity index is 1.76. The van der Waals surface area contributed by atoms with Crippen LogP contribution >= 0.6 is 0 Å². The zero-order chi connectivity index (χ0) is 17.3. The summed E-state index contributed by atoms with van der Waals surface area (Å²) in [6.07, 6.45) is 3.05. The molecule has 128 valence electrons. The minimum absolute atomic E-state index is 0.160. The standard InChI is InChI=1S/C18H23N3O3/c1-13-8-6-7-11-20(13)15(22)12-21-16(23)18(2,19-17(21)24)14-9-4-3-5-10-14/h3-5,9-10,13H,6-8,11-12H2,1-2H3,(H,19,24). The van der Waals surface area contributed by atoms with E-state index in [9.17, 15) is 14.4 Å². The van der Waals surface area contributed by atoms with E-state index in [2.05, 4.69) is 5.32 Å². The second-order valence-electron chi connectivity index (χ2n) is 6.74. The summed E-state index contributed by atoms with van der Waals surface area (Å²) in [6, 6.07) is 8.75. The van der Waals surface area contributed by atoms with Crippen LogP contribution < -0.4 is 5.32 Å². The van der Waals surface area contributed by atoms with Gasteiger partial charge in [0.2, 0.25) is 5.91 Å². The fourth-order valence-corrected chi connectivity index (χ4v) is 3.50. The monoisotopic (exact) mass is 329 g/mol. The van der Waals surface area contributed by atoms with E-state index in [4.69, 9.17) is 0 Å². The van der Waals surface area contributed by atoms with Gasteiger partial charge in [-0.3, -0.25) is 14.5 Å². The Hall–Kier alpha value is -2.37. The Bertz CT molecular complexity index is 661. The molecule has 1 aromatic rings. The highest BCUT2D eigenvalue weighted by atomic mass is 16.2. The summed E-state index contributed by atoms with van der Waals surface area (Å²) in [5.41, 5.74) is -0.406. The second-order valence-corrected chi connectivity index (χ2v) is 6.74. The maximum absolute atomic E-state index is 12.8. The number of imide groups is 1. The minimum Gasteiger partial charge on any atom is -0.338 e. The molecule has 2 atom stereocenters. The maximum Gasteiger partial charge on any atom is 0.325 e. The molecular weight excluding hydrogens is 306 g/mol. The van der Waals surface area contributed by atoms with E-state index < -0.39 is 11.6 Å². The summed E-state index contributed by atoms with van der Waals surface area (Å²) in [5, 5.41) is 2.73. The maximum atomic E-state index is 12.8. The van der Waals surface area contributed by atoms with Gasteiger partial charge in [-0.05, 0) is 38.7 Å². The number of carbonyl (C=O) groups is 3. The molecule has 6 heteroatoms. The van der Waals surface area contributed by atoms with Gasteiger partial charge in [-0.2, -0.15) is 0 Å². The number of amides is 4. The highest BCUT2D eigenvalue weighted by molar-refractivity contribution is 6.09. The van der Waals surface area contributed by atoms with Crippen molar-refractivity contribution < 1.29 is 14.4 Å². The van der Waals surface area contributed by atoms with Crippen molar-refractivity contribution in [2.45, 2.75) is 44.7 Å². The van der Waals surface area contributed by atoms with Crippen LogP contribution in [-0.4, -0.2) is 46.8 Å². The summed E-state index contributed by atoms with van der Waals surface area (Å²) >= 11 is 0. The van der Waals surface area contributed by atoms with Crippen LogP contribution in [0.1, 0.15) is 38.7 Å². The zero-order valence-electron chi connectivity index (χ0n) is 14.1. The van der Waals surface area contributed by atoms with Gasteiger partial charge in [0, 0.05) is 12.6 Å². The molecular formula is C18H23N3O3. The molecule has 6 nitrogen and oxygen atoms in total. The van der Waals surface area contributed by atoms with Crippen molar-refractivity contribution >= 4 is 17.8 Å². The largest absolute Gasteiger partial charge is 0.338 e. The van der Waals surface area contributed by atoms with Gasteiger partial charge < -0.3 is 10.2 Å². The first-order chi connectivity index (χ1) is 11.4. The van der Waals surface area contributed by atoms with E-state index in [0.29, 0.717) is 12.1 Å². The van der Waals surface area contributed by atoms with Gasteiger partial charge in [0.05, 0.1) is 0 Å². The highest BCUT2D eigenvalue weighted by Gasteiger charge is 2.49. The molecule has 0 spiro atoms. The third-order valence-corrected chi connectivity index (χ3v) is 5.04. The van der Waals surface area contributed by atoms with Crippen LogP contribution in [0.4, 0.5) is 4.79 Å². The number of nitrogens with zero attached hydrogens (tertiary/aromatic N) is 2. The molecule has 24 heavy (non-hydrogen) atoms. The van der Waals surface area contributed by atoms with Gasteiger partial charge in [0.15, 0.2) is 0 Å². The number of nitrogens with one attached hydrogen (secondary N) is 1. The Morgan fingerprint density at radius 2 is 1.96 bits per heavy atom. The van der Waals surface area contributed by atoms with Crippen LogP contribution in [0, 0.1) is 0 Å². The van der Waals surface area contributed by atoms with Gasteiger partial charge in [-0.1, -0.05) is 30.3 Å². The molecule has 0 aliphatic carbocycles. The molecule has 2 unspecified atom stereocenters. The summed E-state index contributed by atoms with van der Waals surface area (Å²) in [5.74, 6) is -0.542. The number of piperidine rings is 1. The number of rotatable bonds is 3. The molecule has 4 amide bonds. The number of urea groups is 1. The van der Waals surface area contributed by atoms with Crippen molar-refractivity contribution in [3.63, 3.8) is 0 Å². The lowest BCUT2D eigenvalue weighted by atomic mass is 9.92. The molecule has 3 rings (SSSR count). The van der Waals surface area contributed by atoms with Crippen LogP contribution in [0.15, 0.2) is 30.3 Å². The average molecular weight is 329 g/mol. The van der Waals surface area contributed by atoms with Crippen LogP contribution in [-0.2, 0) is 15.1 Å². The lowest BCUT2D eigenvalue weighted by Gasteiger charge is -2.34. The smallest absolute Gasteiger partial charge is 0.325 e. The molecule has 2 aliphatic rings. The zero-order valence-corrected chi connectivity index (χ0v) is 14.1. The second kappa shape index (κ2) is 6.26. The molecule has 0 saturated carbocycles. The van der Waals surface area contributed by atoms with Crippen molar-refractivity contribution in [2.75, 3.05) is 13.1 Å². The van der Waals surface area contributed by atoms with Gasteiger partial charge in [-0.15, -0.1) is 0 Å². The number of benzene rings is 1. The molecule has 0 bridgehead atoms. The van der Waals surface area contributed by atoms with Gasteiger partial charge in [-0.25, -0.2) is 4.79 Å². The van der Waals surface area contributed by atoms with Gasteiger partial charge in [0.25, 0.3) is 5.91 Å². The van der Waals surface area contributed by atoms with E-state index >= 15 is 0 Å². The van der Waals surface area contributed by atoms with Gasteiger partial charge >= 0.3 is 6.03 Å². The number of hydrogen-bond acceptors (Lipinski definition) is 3. The molecule has 2 saturated heterocycles.